The van der Waals surface area contributed by atoms with Crippen molar-refractivity contribution >= 4 is 16.9 Å². The van der Waals surface area contributed by atoms with E-state index in [1.54, 1.807) is 0 Å². The second kappa shape index (κ2) is 7.82. The van der Waals surface area contributed by atoms with Crippen molar-refractivity contribution in [2.45, 2.75) is 49.9 Å². The van der Waals surface area contributed by atoms with Gasteiger partial charge in [0.25, 0.3) is 0 Å². The lowest BCUT2D eigenvalue weighted by Gasteiger charge is -2.25. The fourth-order valence-electron chi connectivity index (χ4n) is 4.67. The van der Waals surface area contributed by atoms with Gasteiger partial charge in [0.05, 0.1) is 17.0 Å². The molecule has 2 aromatic heterocycles. The van der Waals surface area contributed by atoms with Crippen molar-refractivity contribution in [2.24, 2.45) is 0 Å². The highest BCUT2D eigenvalue weighted by atomic mass is 19.4. The lowest BCUT2D eigenvalue weighted by atomic mass is 9.97. The van der Waals surface area contributed by atoms with E-state index < -0.39 is 41.9 Å². The maximum Gasteiger partial charge on any atom is 0.416 e. The van der Waals surface area contributed by atoms with E-state index >= 15 is 0 Å². The molecule has 1 aliphatic heterocycles. The van der Waals surface area contributed by atoms with E-state index in [0.29, 0.717) is 30.6 Å². The third-order valence-corrected chi connectivity index (χ3v) is 6.33. The van der Waals surface area contributed by atoms with Crippen LogP contribution in [0.2, 0.25) is 0 Å². The molecule has 1 fully saturated rings. The number of rotatable bonds is 3. The van der Waals surface area contributed by atoms with Crippen LogP contribution in [-0.4, -0.2) is 49.6 Å². The predicted octanol–water partition coefficient (Wildman–Crippen LogP) is 1.93. The lowest BCUT2D eigenvalue weighted by molar-refractivity contribution is -0.137. The second-order valence-corrected chi connectivity index (χ2v) is 8.32. The minimum atomic E-state index is -4.56. The number of hydrogen-bond donors (Lipinski definition) is 4. The number of alkyl halides is 3. The summed E-state index contributed by atoms with van der Waals surface area (Å²) in [5, 5.41) is 24.4. The molecule has 4 atom stereocenters. The van der Waals surface area contributed by atoms with E-state index in [1.165, 1.54) is 4.57 Å². The van der Waals surface area contributed by atoms with Gasteiger partial charge in [0.15, 0.2) is 5.82 Å². The Balaban J connectivity index is 1.49. The van der Waals surface area contributed by atoms with Crippen molar-refractivity contribution in [3.8, 4) is 5.75 Å². The maximum atomic E-state index is 14.5. The number of halogens is 4. The van der Waals surface area contributed by atoms with E-state index in [-0.39, 0.29) is 29.0 Å². The summed E-state index contributed by atoms with van der Waals surface area (Å²) in [6.07, 6.45) is -5.71. The summed E-state index contributed by atoms with van der Waals surface area (Å²) in [6.45, 7) is 0.860. The fraction of sp³-hybridized carbons (Fsp3) is 0.429. The van der Waals surface area contributed by atoms with Crippen LogP contribution >= 0.6 is 0 Å². The van der Waals surface area contributed by atoms with Gasteiger partial charge in [0.1, 0.15) is 41.9 Å². The van der Waals surface area contributed by atoms with Crippen molar-refractivity contribution in [3.63, 3.8) is 0 Å². The summed E-state index contributed by atoms with van der Waals surface area (Å²) >= 11 is 0. The molecule has 12 heteroatoms. The Kier molecular flexibility index (Phi) is 5.18. The molecule has 1 unspecified atom stereocenters. The average Bonchev–Trinajstić information content (AvgIpc) is 3.25. The molecule has 0 saturated heterocycles. The van der Waals surface area contributed by atoms with Gasteiger partial charge in [-0.15, -0.1) is 0 Å². The zero-order valence-corrected chi connectivity index (χ0v) is 17.2. The lowest BCUT2D eigenvalue weighted by Crippen LogP contribution is -2.35. The molecule has 33 heavy (non-hydrogen) atoms. The van der Waals surface area contributed by atoms with Gasteiger partial charge in [0.2, 0.25) is 0 Å². The fourth-order valence-corrected chi connectivity index (χ4v) is 4.67. The average molecular weight is 467 g/mol. The highest BCUT2D eigenvalue weighted by Gasteiger charge is 2.45. The molecule has 0 bridgehead atoms. The van der Waals surface area contributed by atoms with Gasteiger partial charge in [-0.05, 0) is 30.7 Å². The predicted molar refractivity (Wildman–Crippen MR) is 109 cm³/mol. The van der Waals surface area contributed by atoms with Gasteiger partial charge < -0.3 is 30.6 Å². The van der Waals surface area contributed by atoms with E-state index in [0.717, 1.165) is 24.7 Å². The first-order chi connectivity index (χ1) is 15.6. The van der Waals surface area contributed by atoms with Gasteiger partial charge in [-0.3, -0.25) is 0 Å². The third kappa shape index (κ3) is 3.67. The summed E-state index contributed by atoms with van der Waals surface area (Å²) in [5.74, 6) is -0.758. The van der Waals surface area contributed by atoms with Crippen LogP contribution < -0.4 is 15.8 Å². The smallest absolute Gasteiger partial charge is 0.416 e. The van der Waals surface area contributed by atoms with Gasteiger partial charge >= 0.3 is 6.18 Å². The zero-order chi connectivity index (χ0) is 23.5. The number of anilines is 1. The largest absolute Gasteiger partial charge is 0.487 e. The van der Waals surface area contributed by atoms with Crippen LogP contribution in [0.4, 0.5) is 23.4 Å². The van der Waals surface area contributed by atoms with E-state index in [2.05, 4.69) is 15.3 Å². The van der Waals surface area contributed by atoms with Gasteiger partial charge in [0, 0.05) is 24.7 Å². The Morgan fingerprint density at radius 2 is 1.97 bits per heavy atom. The molecule has 5 N–H and O–H groups in total. The number of nitrogens with two attached hydrogens (primary N) is 1. The molecule has 1 aromatic carbocycles. The second-order valence-electron chi connectivity index (χ2n) is 8.32. The number of ether oxygens (including phenoxy) is 1. The molecule has 3 heterocycles. The van der Waals surface area contributed by atoms with Gasteiger partial charge in [-0.25, -0.2) is 14.4 Å². The number of aliphatic hydroxyl groups is 2. The van der Waals surface area contributed by atoms with Crippen LogP contribution in [-0.2, 0) is 19.1 Å². The molecule has 1 aliphatic carbocycles. The molecule has 2 aliphatic rings. The molecule has 1 saturated carbocycles. The Labute approximate surface area is 185 Å². The zero-order valence-electron chi connectivity index (χ0n) is 17.2. The minimum Gasteiger partial charge on any atom is -0.487 e. The standard InChI is InChI=1S/C21H21F4N5O3/c22-12-7-30(20-16(12)19(26)28-8-29-20)13-5-15(18(32)17(13)31)33-14-4-10(21(23,24)25)3-9-1-2-27-6-11(9)14/h3-4,7-8,13,15,17-18,27,31-32H,1-2,5-6H2,(H2,26,28,29)/t13?,15-,17-,18+/m0/s1. The normalized spacial score (nSPS) is 25.4. The first-order valence-corrected chi connectivity index (χ1v) is 10.4. The number of nitrogens with zero attached hydrogens (tertiary/aromatic N) is 3. The molecule has 0 amide bonds. The monoisotopic (exact) mass is 467 g/mol. The molecule has 176 valence electrons. The Bertz CT molecular complexity index is 1210. The van der Waals surface area contributed by atoms with Crippen molar-refractivity contribution in [1.29, 1.82) is 0 Å². The highest BCUT2D eigenvalue weighted by Crippen LogP contribution is 2.40. The summed E-state index contributed by atoms with van der Waals surface area (Å²) < 4.78 is 62.0. The molecule has 0 radical (unpaired) electrons. The van der Waals surface area contributed by atoms with Crippen LogP contribution in [0.3, 0.4) is 0 Å². The summed E-state index contributed by atoms with van der Waals surface area (Å²) in [5.41, 5.74) is 6.14. The first kappa shape index (κ1) is 21.9. The van der Waals surface area contributed by atoms with Crippen molar-refractivity contribution in [2.75, 3.05) is 12.3 Å². The molecule has 5 rings (SSSR count). The minimum absolute atomic E-state index is 0.000890. The van der Waals surface area contributed by atoms with Crippen molar-refractivity contribution in [3.05, 3.63) is 47.2 Å². The number of nitrogens with one attached hydrogen (secondary N) is 1. The van der Waals surface area contributed by atoms with E-state index in [4.69, 9.17) is 10.5 Å². The van der Waals surface area contributed by atoms with E-state index in [1.807, 2.05) is 0 Å². The SMILES string of the molecule is Nc1ncnc2c1c(F)cn2C1C[C@H](Oc2cc(C(F)(F)F)cc3c2CNCC3)[C@@H](O)[C@H]1O. The van der Waals surface area contributed by atoms with Crippen LogP contribution in [0.15, 0.2) is 24.7 Å². The summed E-state index contributed by atoms with van der Waals surface area (Å²) in [4.78, 5) is 7.80. The molecule has 3 aromatic rings. The summed E-state index contributed by atoms with van der Waals surface area (Å²) in [6, 6.07) is 1.19. The topological polar surface area (TPSA) is 118 Å². The van der Waals surface area contributed by atoms with Crippen molar-refractivity contribution in [1.82, 2.24) is 19.9 Å². The van der Waals surface area contributed by atoms with E-state index in [9.17, 15) is 27.8 Å². The Hall–Kier alpha value is -2.96. The Morgan fingerprint density at radius 3 is 2.73 bits per heavy atom. The number of hydrogen-bond acceptors (Lipinski definition) is 7. The molecule has 0 spiro atoms. The van der Waals surface area contributed by atoms with Gasteiger partial charge in [-0.2, -0.15) is 13.2 Å². The first-order valence-electron chi connectivity index (χ1n) is 10.4. The highest BCUT2D eigenvalue weighted by molar-refractivity contribution is 5.86. The van der Waals surface area contributed by atoms with Crippen LogP contribution in [0.25, 0.3) is 11.0 Å². The number of benzene rings is 1. The molecular weight excluding hydrogens is 446 g/mol. The van der Waals surface area contributed by atoms with Crippen molar-refractivity contribution < 1.29 is 32.5 Å². The maximum absolute atomic E-state index is 14.5. The third-order valence-electron chi connectivity index (χ3n) is 6.33. The molecular formula is C21H21F4N5O3. The van der Waals surface area contributed by atoms with Crippen LogP contribution in [0.1, 0.15) is 29.2 Å². The van der Waals surface area contributed by atoms with Gasteiger partial charge in [-0.1, -0.05) is 0 Å². The van der Waals surface area contributed by atoms with Crippen LogP contribution in [0, 0.1) is 5.82 Å². The van der Waals surface area contributed by atoms with Crippen LogP contribution in [0.5, 0.6) is 5.75 Å². The number of aromatic nitrogens is 3. The molecule has 8 nitrogen and oxygen atoms in total. The number of fused-ring (bicyclic) bond motifs is 2. The number of aliphatic hydroxyl groups excluding tert-OH is 2. The summed E-state index contributed by atoms with van der Waals surface area (Å²) in [7, 11) is 0. The number of nitrogen functional groups attached to an aromatic ring is 1. The quantitative estimate of drug-likeness (QED) is 0.435. The Morgan fingerprint density at radius 1 is 1.18 bits per heavy atom.